The van der Waals surface area contributed by atoms with Crippen LogP contribution in [0.2, 0.25) is 0 Å². The summed E-state index contributed by atoms with van der Waals surface area (Å²) in [6, 6.07) is 0. The second-order valence-corrected chi connectivity index (χ2v) is 7.35. The summed E-state index contributed by atoms with van der Waals surface area (Å²) in [5.74, 6) is 0. The van der Waals surface area contributed by atoms with Crippen molar-refractivity contribution in [1.29, 1.82) is 0 Å². The van der Waals surface area contributed by atoms with Gasteiger partial charge in [0.25, 0.3) is 10.0 Å². The summed E-state index contributed by atoms with van der Waals surface area (Å²) in [5.41, 5.74) is 5.81. The Bertz CT molecular complexity index is 530. The molecule has 0 atom stereocenters. The van der Waals surface area contributed by atoms with Gasteiger partial charge in [-0.3, -0.25) is 0 Å². The smallest absolute Gasteiger partial charge is 0.262 e. The van der Waals surface area contributed by atoms with E-state index >= 15 is 0 Å². The third-order valence-electron chi connectivity index (χ3n) is 4.00. The summed E-state index contributed by atoms with van der Waals surface area (Å²) in [6.07, 6.45) is 4.75. The van der Waals surface area contributed by atoms with Crippen LogP contribution in [-0.2, 0) is 16.6 Å². The molecule has 0 amide bonds. The fraction of sp³-hybridized carbons (Fsp3) is 0.750. The zero-order chi connectivity index (χ0) is 14.1. The first-order valence-electron chi connectivity index (χ1n) is 6.63. The van der Waals surface area contributed by atoms with Crippen LogP contribution in [-0.4, -0.2) is 41.9 Å². The summed E-state index contributed by atoms with van der Waals surface area (Å²) < 4.78 is 28.2. The number of nitrogens with two attached hydrogens (primary N) is 1. The van der Waals surface area contributed by atoms with Crippen LogP contribution < -0.4 is 5.73 Å². The highest BCUT2D eigenvalue weighted by Gasteiger charge is 2.35. The predicted octanol–water partition coefficient (Wildman–Crippen LogP) is 0.653. The molecule has 1 aliphatic rings. The van der Waals surface area contributed by atoms with Crippen molar-refractivity contribution in [2.24, 2.45) is 11.1 Å². The standard InChI is InChI=1S/C12H22N4O2S/c1-3-15-8-11(14-10-15)19(17,18)16-6-4-12(2,9-13)5-7-16/h8,10H,3-7,9,13H2,1-2H3. The molecule has 2 heterocycles. The number of nitrogens with zero attached hydrogens (tertiary/aromatic N) is 3. The van der Waals surface area contributed by atoms with Crippen LogP contribution in [0, 0.1) is 5.41 Å². The molecule has 7 heteroatoms. The second kappa shape index (κ2) is 5.22. The molecule has 0 aromatic carbocycles. The minimum Gasteiger partial charge on any atom is -0.336 e. The van der Waals surface area contributed by atoms with Gasteiger partial charge in [0, 0.05) is 25.8 Å². The molecule has 6 nitrogen and oxygen atoms in total. The maximum atomic E-state index is 12.4. The topological polar surface area (TPSA) is 81.2 Å². The number of aromatic nitrogens is 2. The Balaban J connectivity index is 2.14. The average Bonchev–Trinajstić information content (AvgIpc) is 2.89. The Morgan fingerprint density at radius 3 is 2.53 bits per heavy atom. The van der Waals surface area contributed by atoms with Crippen molar-refractivity contribution in [3.8, 4) is 0 Å². The highest BCUT2D eigenvalue weighted by atomic mass is 32.2. The van der Waals surface area contributed by atoms with E-state index in [0.717, 1.165) is 12.8 Å². The molecule has 0 saturated carbocycles. The first-order valence-corrected chi connectivity index (χ1v) is 8.07. The number of aryl methyl sites for hydroxylation is 1. The minimum atomic E-state index is -3.45. The molecule has 2 N–H and O–H groups in total. The van der Waals surface area contributed by atoms with Gasteiger partial charge in [0.1, 0.15) is 0 Å². The van der Waals surface area contributed by atoms with Crippen molar-refractivity contribution in [2.45, 2.75) is 38.3 Å². The van der Waals surface area contributed by atoms with Gasteiger partial charge in [0.2, 0.25) is 0 Å². The Morgan fingerprint density at radius 1 is 1.42 bits per heavy atom. The van der Waals surface area contributed by atoms with Crippen molar-refractivity contribution in [3.63, 3.8) is 0 Å². The molecule has 19 heavy (non-hydrogen) atoms. The van der Waals surface area contributed by atoms with Gasteiger partial charge in [-0.15, -0.1) is 0 Å². The van der Waals surface area contributed by atoms with Gasteiger partial charge >= 0.3 is 0 Å². The van der Waals surface area contributed by atoms with Crippen LogP contribution in [0.1, 0.15) is 26.7 Å². The Kier molecular flexibility index (Phi) is 3.98. The monoisotopic (exact) mass is 286 g/mol. The van der Waals surface area contributed by atoms with E-state index in [4.69, 9.17) is 5.73 Å². The van der Waals surface area contributed by atoms with Crippen LogP contribution in [0.3, 0.4) is 0 Å². The van der Waals surface area contributed by atoms with Gasteiger partial charge < -0.3 is 10.3 Å². The summed E-state index contributed by atoms with van der Waals surface area (Å²) >= 11 is 0. The number of rotatable bonds is 4. The van der Waals surface area contributed by atoms with Gasteiger partial charge in [-0.2, -0.15) is 4.31 Å². The lowest BCUT2D eigenvalue weighted by Crippen LogP contribution is -2.44. The van der Waals surface area contributed by atoms with Crippen molar-refractivity contribution in [1.82, 2.24) is 13.9 Å². The number of hydrogen-bond donors (Lipinski definition) is 1. The first kappa shape index (κ1) is 14.5. The fourth-order valence-electron chi connectivity index (χ4n) is 2.25. The van der Waals surface area contributed by atoms with Crippen molar-refractivity contribution >= 4 is 10.0 Å². The van der Waals surface area contributed by atoms with E-state index in [-0.39, 0.29) is 10.4 Å². The van der Waals surface area contributed by atoms with Crippen LogP contribution in [0.5, 0.6) is 0 Å². The molecule has 0 radical (unpaired) electrons. The van der Waals surface area contributed by atoms with Crippen molar-refractivity contribution in [3.05, 3.63) is 12.5 Å². The van der Waals surface area contributed by atoms with E-state index in [1.54, 1.807) is 17.1 Å². The van der Waals surface area contributed by atoms with Gasteiger partial charge in [-0.25, -0.2) is 13.4 Å². The molecular weight excluding hydrogens is 264 g/mol. The average molecular weight is 286 g/mol. The molecule has 1 aromatic rings. The van der Waals surface area contributed by atoms with Gasteiger partial charge in [0.15, 0.2) is 5.03 Å². The zero-order valence-corrected chi connectivity index (χ0v) is 12.4. The summed E-state index contributed by atoms with van der Waals surface area (Å²) in [4.78, 5) is 4.00. The molecule has 1 aliphatic heterocycles. The van der Waals surface area contributed by atoms with Crippen LogP contribution in [0.4, 0.5) is 0 Å². The number of imidazole rings is 1. The van der Waals surface area contributed by atoms with E-state index in [0.29, 0.717) is 26.2 Å². The lowest BCUT2D eigenvalue weighted by Gasteiger charge is -2.37. The second-order valence-electron chi connectivity index (χ2n) is 5.46. The van der Waals surface area contributed by atoms with E-state index in [1.807, 2.05) is 6.92 Å². The molecule has 1 fully saturated rings. The highest BCUT2D eigenvalue weighted by Crippen LogP contribution is 2.31. The molecule has 0 spiro atoms. The summed E-state index contributed by atoms with van der Waals surface area (Å²) in [5, 5.41) is 0.144. The van der Waals surface area contributed by atoms with E-state index in [9.17, 15) is 8.42 Å². The van der Waals surface area contributed by atoms with E-state index in [1.165, 1.54) is 4.31 Å². The number of piperidine rings is 1. The lowest BCUT2D eigenvalue weighted by molar-refractivity contribution is 0.182. The number of hydrogen-bond acceptors (Lipinski definition) is 4. The molecule has 108 valence electrons. The summed E-state index contributed by atoms with van der Waals surface area (Å²) in [6.45, 7) is 6.43. The minimum absolute atomic E-state index is 0.0643. The van der Waals surface area contributed by atoms with E-state index in [2.05, 4.69) is 11.9 Å². The van der Waals surface area contributed by atoms with Gasteiger partial charge in [-0.1, -0.05) is 6.92 Å². The Morgan fingerprint density at radius 2 is 2.05 bits per heavy atom. The lowest BCUT2D eigenvalue weighted by atomic mass is 9.81. The van der Waals surface area contributed by atoms with Gasteiger partial charge in [0.05, 0.1) is 6.33 Å². The Hall–Kier alpha value is -0.920. The fourth-order valence-corrected chi connectivity index (χ4v) is 3.63. The molecule has 0 unspecified atom stereocenters. The zero-order valence-electron chi connectivity index (χ0n) is 11.5. The number of sulfonamides is 1. The van der Waals surface area contributed by atoms with Crippen molar-refractivity contribution in [2.75, 3.05) is 19.6 Å². The van der Waals surface area contributed by atoms with Gasteiger partial charge in [-0.05, 0) is 31.7 Å². The molecule has 0 bridgehead atoms. The third kappa shape index (κ3) is 2.82. The molecule has 0 aliphatic carbocycles. The molecule has 1 aromatic heterocycles. The van der Waals surface area contributed by atoms with Crippen LogP contribution >= 0.6 is 0 Å². The highest BCUT2D eigenvalue weighted by molar-refractivity contribution is 7.89. The quantitative estimate of drug-likeness (QED) is 0.881. The molecule has 1 saturated heterocycles. The van der Waals surface area contributed by atoms with E-state index < -0.39 is 10.0 Å². The molecular formula is C12H22N4O2S. The normalized spacial score (nSPS) is 20.6. The molecule has 2 rings (SSSR count). The predicted molar refractivity (Wildman–Crippen MR) is 73.1 cm³/mol. The van der Waals surface area contributed by atoms with Crippen LogP contribution in [0.15, 0.2) is 17.6 Å². The maximum Gasteiger partial charge on any atom is 0.262 e. The first-order chi connectivity index (χ1) is 8.91. The Labute approximate surface area is 114 Å². The SMILES string of the molecule is CCn1cnc(S(=O)(=O)N2CCC(C)(CN)CC2)c1. The largest absolute Gasteiger partial charge is 0.336 e. The van der Waals surface area contributed by atoms with Crippen molar-refractivity contribution < 1.29 is 8.42 Å². The van der Waals surface area contributed by atoms with Crippen LogP contribution in [0.25, 0.3) is 0 Å². The third-order valence-corrected chi connectivity index (χ3v) is 5.79. The summed E-state index contributed by atoms with van der Waals surface area (Å²) in [7, 11) is -3.45. The maximum absolute atomic E-state index is 12.4.